The van der Waals surface area contributed by atoms with Crippen LogP contribution in [0.25, 0.3) is 0 Å². The van der Waals surface area contributed by atoms with Gasteiger partial charge in [-0.2, -0.15) is 13.2 Å². The van der Waals surface area contributed by atoms with Crippen LogP contribution in [0.4, 0.5) is 13.2 Å². The van der Waals surface area contributed by atoms with Crippen LogP contribution in [0.5, 0.6) is 5.75 Å². The first-order valence-electron chi connectivity index (χ1n) is 7.97. The summed E-state index contributed by atoms with van der Waals surface area (Å²) in [6.07, 6.45) is 1.64. The normalized spacial score (nSPS) is 14.9. The summed E-state index contributed by atoms with van der Waals surface area (Å²) in [5, 5.41) is 7.12. The van der Waals surface area contributed by atoms with Gasteiger partial charge in [-0.3, -0.25) is 9.78 Å². The van der Waals surface area contributed by atoms with E-state index in [1.165, 1.54) is 6.26 Å². The predicted octanol–water partition coefficient (Wildman–Crippen LogP) is 2.99. The minimum atomic E-state index is -5.08. The number of furan rings is 1. The Bertz CT molecular complexity index is 727. The Morgan fingerprint density at radius 1 is 1.22 bits per heavy atom. The number of hydrogen-bond acceptors (Lipinski definition) is 5. The second-order valence-corrected chi connectivity index (χ2v) is 5.58. The van der Waals surface area contributed by atoms with Crippen molar-refractivity contribution >= 4 is 11.9 Å². The zero-order valence-electron chi connectivity index (χ0n) is 14.1. The van der Waals surface area contributed by atoms with Crippen molar-refractivity contribution in [2.75, 3.05) is 13.1 Å². The molecule has 0 aromatic carbocycles. The molecule has 2 aromatic rings. The Morgan fingerprint density at radius 3 is 2.37 bits per heavy atom. The van der Waals surface area contributed by atoms with Crippen LogP contribution < -0.4 is 4.74 Å². The number of carbonyl (C=O) groups is 2. The fraction of sp³-hybridized carbons (Fsp3) is 0.353. The monoisotopic (exact) mass is 386 g/mol. The number of likely N-dealkylation sites (tertiary alicyclic amines) is 1. The number of nitrogens with zero attached hydrogens (tertiary/aromatic N) is 2. The van der Waals surface area contributed by atoms with E-state index in [2.05, 4.69) is 4.98 Å². The van der Waals surface area contributed by atoms with Crippen molar-refractivity contribution in [3.63, 3.8) is 0 Å². The molecule has 3 heterocycles. The van der Waals surface area contributed by atoms with Crippen LogP contribution in [-0.2, 0) is 4.79 Å². The second-order valence-electron chi connectivity index (χ2n) is 5.58. The number of carboxylic acid groups (broad SMARTS) is 1. The minimum absolute atomic E-state index is 0.0465. The minimum Gasteiger partial charge on any atom is -0.489 e. The van der Waals surface area contributed by atoms with Gasteiger partial charge in [0.2, 0.25) is 0 Å². The third-order valence-corrected chi connectivity index (χ3v) is 3.64. The molecule has 0 bridgehead atoms. The molecule has 3 rings (SSSR count). The standard InChI is InChI=1S/C15H16N2O3.C2HF3O2/c18-15(14-4-2-10-19-14)17-8-5-12(6-9-17)20-13-3-1-7-16-11-13;3-2(4,5)1(6)7/h1-4,7,10-12H,5-6,8-9H2;(H,6,7). The first-order valence-corrected chi connectivity index (χ1v) is 7.97. The topological polar surface area (TPSA) is 92.9 Å². The number of carboxylic acids is 1. The maximum Gasteiger partial charge on any atom is 0.490 e. The van der Waals surface area contributed by atoms with Crippen LogP contribution in [0.1, 0.15) is 23.4 Å². The molecule has 7 nitrogen and oxygen atoms in total. The first kappa shape index (κ1) is 20.3. The van der Waals surface area contributed by atoms with Gasteiger partial charge in [0.25, 0.3) is 5.91 Å². The molecule has 0 aliphatic carbocycles. The van der Waals surface area contributed by atoms with Gasteiger partial charge in [0.1, 0.15) is 11.9 Å². The molecule has 1 saturated heterocycles. The Hall–Kier alpha value is -3.04. The SMILES string of the molecule is O=C(O)C(F)(F)F.O=C(c1ccco1)N1CCC(Oc2cccnc2)CC1. The summed E-state index contributed by atoms with van der Waals surface area (Å²) in [6.45, 7) is 1.37. The summed E-state index contributed by atoms with van der Waals surface area (Å²) < 4.78 is 42.7. The summed E-state index contributed by atoms with van der Waals surface area (Å²) in [5.74, 6) is -1.62. The molecule has 0 spiro atoms. The van der Waals surface area contributed by atoms with Gasteiger partial charge in [0.15, 0.2) is 5.76 Å². The molecule has 1 aliphatic heterocycles. The molecule has 0 saturated carbocycles. The van der Waals surface area contributed by atoms with Crippen molar-refractivity contribution in [2.45, 2.75) is 25.1 Å². The lowest BCUT2D eigenvalue weighted by Gasteiger charge is -2.31. The molecular weight excluding hydrogens is 369 g/mol. The summed E-state index contributed by atoms with van der Waals surface area (Å²) in [5.41, 5.74) is 0. The maximum absolute atomic E-state index is 12.1. The second kappa shape index (κ2) is 9.06. The van der Waals surface area contributed by atoms with Gasteiger partial charge in [-0.05, 0) is 24.3 Å². The van der Waals surface area contributed by atoms with Crippen molar-refractivity contribution in [2.24, 2.45) is 0 Å². The van der Waals surface area contributed by atoms with E-state index in [0.717, 1.165) is 18.6 Å². The van der Waals surface area contributed by atoms with Gasteiger partial charge in [-0.1, -0.05) is 0 Å². The molecule has 0 radical (unpaired) electrons. The number of piperidine rings is 1. The van der Waals surface area contributed by atoms with Gasteiger partial charge in [-0.25, -0.2) is 4.79 Å². The van der Waals surface area contributed by atoms with Crippen molar-refractivity contribution in [3.05, 3.63) is 48.7 Å². The third-order valence-electron chi connectivity index (χ3n) is 3.64. The van der Waals surface area contributed by atoms with Crippen molar-refractivity contribution in [1.29, 1.82) is 0 Å². The van der Waals surface area contributed by atoms with Crippen molar-refractivity contribution < 1.29 is 37.0 Å². The van der Waals surface area contributed by atoms with E-state index in [1.807, 2.05) is 17.0 Å². The molecule has 0 atom stereocenters. The van der Waals surface area contributed by atoms with Crippen LogP contribution in [0.2, 0.25) is 0 Å². The molecule has 146 valence electrons. The number of aromatic nitrogens is 1. The van der Waals surface area contributed by atoms with Crippen LogP contribution in [-0.4, -0.2) is 52.2 Å². The Kier molecular flexibility index (Phi) is 6.80. The van der Waals surface area contributed by atoms with E-state index in [-0.39, 0.29) is 12.0 Å². The van der Waals surface area contributed by atoms with Crippen LogP contribution >= 0.6 is 0 Å². The molecule has 1 aliphatic rings. The van der Waals surface area contributed by atoms with Gasteiger partial charge in [0, 0.05) is 32.1 Å². The van der Waals surface area contributed by atoms with Crippen LogP contribution in [0.15, 0.2) is 47.3 Å². The largest absolute Gasteiger partial charge is 0.490 e. The number of halogens is 3. The fourth-order valence-corrected chi connectivity index (χ4v) is 2.34. The number of pyridine rings is 1. The van der Waals surface area contributed by atoms with Gasteiger partial charge < -0.3 is 19.2 Å². The summed E-state index contributed by atoms with van der Waals surface area (Å²) in [7, 11) is 0. The molecule has 2 aromatic heterocycles. The Balaban J connectivity index is 0.000000321. The van der Waals surface area contributed by atoms with Crippen LogP contribution in [0.3, 0.4) is 0 Å². The smallest absolute Gasteiger partial charge is 0.489 e. The average molecular weight is 386 g/mol. The number of carbonyl (C=O) groups excluding carboxylic acids is 1. The van der Waals surface area contributed by atoms with E-state index < -0.39 is 12.1 Å². The quantitative estimate of drug-likeness (QED) is 0.872. The van der Waals surface area contributed by atoms with Crippen molar-refractivity contribution in [1.82, 2.24) is 9.88 Å². The molecule has 0 unspecified atom stereocenters. The van der Waals surface area contributed by atoms with Gasteiger partial charge in [-0.15, -0.1) is 0 Å². The lowest BCUT2D eigenvalue weighted by atomic mass is 10.1. The number of hydrogen-bond donors (Lipinski definition) is 1. The molecule has 27 heavy (non-hydrogen) atoms. The molecular formula is C17H17F3N2O5. The van der Waals surface area contributed by atoms with Crippen molar-refractivity contribution in [3.8, 4) is 5.75 Å². The number of alkyl halides is 3. The highest BCUT2D eigenvalue weighted by Crippen LogP contribution is 2.19. The Morgan fingerprint density at radius 2 is 1.89 bits per heavy atom. The van der Waals surface area contributed by atoms with Crippen LogP contribution in [0, 0.1) is 0 Å². The molecule has 1 amide bonds. The zero-order chi connectivity index (χ0) is 19.9. The molecule has 1 N–H and O–H groups in total. The van der Waals surface area contributed by atoms with E-state index >= 15 is 0 Å². The predicted molar refractivity (Wildman–Crippen MR) is 86.2 cm³/mol. The third kappa shape index (κ3) is 6.32. The summed E-state index contributed by atoms with van der Waals surface area (Å²) >= 11 is 0. The zero-order valence-corrected chi connectivity index (χ0v) is 14.1. The molecule has 10 heteroatoms. The lowest BCUT2D eigenvalue weighted by molar-refractivity contribution is -0.192. The van der Waals surface area contributed by atoms with E-state index in [1.54, 1.807) is 24.5 Å². The van der Waals surface area contributed by atoms with E-state index in [9.17, 15) is 18.0 Å². The van der Waals surface area contributed by atoms with Gasteiger partial charge in [0.05, 0.1) is 12.5 Å². The maximum atomic E-state index is 12.1. The van der Waals surface area contributed by atoms with E-state index in [0.29, 0.717) is 18.8 Å². The fourth-order valence-electron chi connectivity index (χ4n) is 2.34. The first-order chi connectivity index (χ1) is 12.8. The number of ether oxygens (including phenoxy) is 1. The highest BCUT2D eigenvalue weighted by molar-refractivity contribution is 5.91. The summed E-state index contributed by atoms with van der Waals surface area (Å²) in [4.78, 5) is 26.8. The Labute approximate surface area is 152 Å². The average Bonchev–Trinajstić information content (AvgIpc) is 3.17. The number of aliphatic carboxylic acids is 1. The number of rotatable bonds is 3. The molecule has 1 fully saturated rings. The highest BCUT2D eigenvalue weighted by atomic mass is 19.4. The highest BCUT2D eigenvalue weighted by Gasteiger charge is 2.38. The number of amides is 1. The summed E-state index contributed by atoms with van der Waals surface area (Å²) in [6, 6.07) is 7.17. The van der Waals surface area contributed by atoms with E-state index in [4.69, 9.17) is 19.1 Å². The lowest BCUT2D eigenvalue weighted by Crippen LogP contribution is -2.41. The van der Waals surface area contributed by atoms with Gasteiger partial charge >= 0.3 is 12.1 Å².